The molecule has 0 atom stereocenters. The lowest BCUT2D eigenvalue weighted by molar-refractivity contribution is 0.391. The van der Waals surface area contributed by atoms with Gasteiger partial charge in [-0.3, -0.25) is 0 Å². The Morgan fingerprint density at radius 1 is 1.37 bits per heavy atom. The van der Waals surface area contributed by atoms with E-state index in [1.807, 2.05) is 20.8 Å². The molecule has 1 rings (SSSR count). The molecule has 0 amide bonds. The fraction of sp³-hybridized carbons (Fsp3) is 0.727. The van der Waals surface area contributed by atoms with E-state index in [1.165, 1.54) is 12.5 Å². The summed E-state index contributed by atoms with van der Waals surface area (Å²) in [5, 5.41) is 0.0407. The Morgan fingerprint density at radius 3 is 2.37 bits per heavy atom. The number of aromatic nitrogens is 2. The highest BCUT2D eigenvalue weighted by molar-refractivity contribution is 7.89. The third-order valence-corrected chi connectivity index (χ3v) is 4.56. The first-order chi connectivity index (χ1) is 8.37. The molecule has 0 fully saturated rings. The minimum atomic E-state index is -3.56. The Hall–Kier alpha value is -0.630. The van der Waals surface area contributed by atoms with Gasteiger partial charge in [-0.05, 0) is 19.8 Å². The lowest BCUT2D eigenvalue weighted by Crippen LogP contribution is -2.49. The second-order valence-corrected chi connectivity index (χ2v) is 6.15. The highest BCUT2D eigenvalue weighted by atomic mass is 35.5. The van der Waals surface area contributed by atoms with Gasteiger partial charge in [-0.15, -0.1) is 12.4 Å². The zero-order valence-corrected chi connectivity index (χ0v) is 13.2. The number of nitrogens with two attached hydrogens (primary N) is 1. The smallest absolute Gasteiger partial charge is 0.259 e. The normalized spacial score (nSPS) is 12.2. The quantitative estimate of drug-likeness (QED) is 0.789. The van der Waals surface area contributed by atoms with Crippen molar-refractivity contribution < 1.29 is 8.42 Å². The Morgan fingerprint density at radius 2 is 1.95 bits per heavy atom. The van der Waals surface area contributed by atoms with Gasteiger partial charge in [0.15, 0.2) is 5.03 Å². The van der Waals surface area contributed by atoms with Crippen LogP contribution in [0.3, 0.4) is 0 Å². The minimum absolute atomic E-state index is 0. The van der Waals surface area contributed by atoms with E-state index in [4.69, 9.17) is 5.73 Å². The van der Waals surface area contributed by atoms with Gasteiger partial charge in [0, 0.05) is 24.8 Å². The van der Waals surface area contributed by atoms with E-state index in [-0.39, 0.29) is 24.0 Å². The second-order valence-electron chi connectivity index (χ2n) is 4.44. The third kappa shape index (κ3) is 4.76. The van der Waals surface area contributed by atoms with Crippen molar-refractivity contribution in [3.8, 4) is 0 Å². The van der Waals surface area contributed by atoms with Gasteiger partial charge in [-0.2, -0.15) is 0 Å². The maximum atomic E-state index is 12.0. The zero-order chi connectivity index (χ0) is 13.8. The molecule has 19 heavy (non-hydrogen) atoms. The maximum Gasteiger partial charge on any atom is 0.259 e. The third-order valence-electron chi connectivity index (χ3n) is 3.27. The molecule has 0 saturated carbocycles. The van der Waals surface area contributed by atoms with Crippen LogP contribution in [0.5, 0.6) is 0 Å². The largest absolute Gasteiger partial charge is 0.336 e. The summed E-state index contributed by atoms with van der Waals surface area (Å²) in [5.74, 6) is 0. The van der Waals surface area contributed by atoms with E-state index in [0.29, 0.717) is 6.54 Å². The number of halogens is 1. The van der Waals surface area contributed by atoms with Crippen molar-refractivity contribution in [1.82, 2.24) is 14.3 Å². The van der Waals surface area contributed by atoms with Crippen LogP contribution in [0, 0.1) is 0 Å². The van der Waals surface area contributed by atoms with Crippen LogP contribution in [-0.2, 0) is 16.6 Å². The van der Waals surface area contributed by atoms with Gasteiger partial charge < -0.3 is 10.3 Å². The summed E-state index contributed by atoms with van der Waals surface area (Å²) < 4.78 is 28.2. The molecule has 0 aliphatic heterocycles. The van der Waals surface area contributed by atoms with E-state index >= 15 is 0 Å². The van der Waals surface area contributed by atoms with Crippen LogP contribution in [0.1, 0.15) is 33.6 Å². The Kier molecular flexibility index (Phi) is 6.99. The second kappa shape index (κ2) is 7.23. The van der Waals surface area contributed by atoms with E-state index in [0.717, 1.165) is 12.8 Å². The molecule has 8 heteroatoms. The average molecular weight is 311 g/mol. The fourth-order valence-electron chi connectivity index (χ4n) is 1.46. The monoisotopic (exact) mass is 310 g/mol. The van der Waals surface area contributed by atoms with Gasteiger partial charge in [0.2, 0.25) is 0 Å². The number of sulfonamides is 1. The van der Waals surface area contributed by atoms with Crippen LogP contribution >= 0.6 is 12.4 Å². The first-order valence-electron chi connectivity index (χ1n) is 6.17. The number of imidazole rings is 1. The molecule has 0 unspecified atom stereocenters. The molecular formula is C11H23ClN4O2S. The molecule has 0 bridgehead atoms. The molecule has 0 aromatic carbocycles. The number of rotatable bonds is 7. The summed E-state index contributed by atoms with van der Waals surface area (Å²) in [6.45, 7) is 6.73. The predicted octanol–water partition coefficient (Wildman–Crippen LogP) is 1.12. The minimum Gasteiger partial charge on any atom is -0.336 e. The molecular weight excluding hydrogens is 288 g/mol. The molecule has 0 spiro atoms. The van der Waals surface area contributed by atoms with Crippen molar-refractivity contribution in [2.75, 3.05) is 6.54 Å². The van der Waals surface area contributed by atoms with Crippen LogP contribution in [0.15, 0.2) is 17.6 Å². The summed E-state index contributed by atoms with van der Waals surface area (Å²) in [6, 6.07) is 0. The van der Waals surface area contributed by atoms with Gasteiger partial charge in [-0.25, -0.2) is 18.1 Å². The van der Waals surface area contributed by atoms with Crippen molar-refractivity contribution in [2.45, 2.75) is 50.7 Å². The first-order valence-corrected chi connectivity index (χ1v) is 7.65. The van der Waals surface area contributed by atoms with Gasteiger partial charge >= 0.3 is 0 Å². The highest BCUT2D eigenvalue weighted by Gasteiger charge is 2.25. The topological polar surface area (TPSA) is 90.0 Å². The Bertz CT molecular complexity index is 483. The number of aryl methyl sites for hydroxylation is 1. The number of nitrogens with one attached hydrogen (secondary N) is 1. The Labute approximate surface area is 121 Å². The molecule has 1 aromatic heterocycles. The first kappa shape index (κ1) is 18.4. The molecule has 1 aromatic rings. The molecule has 0 radical (unpaired) electrons. The zero-order valence-electron chi connectivity index (χ0n) is 11.6. The van der Waals surface area contributed by atoms with Crippen molar-refractivity contribution in [2.24, 2.45) is 5.73 Å². The van der Waals surface area contributed by atoms with Gasteiger partial charge in [0.05, 0.1) is 6.33 Å². The summed E-state index contributed by atoms with van der Waals surface area (Å²) in [6.07, 6.45) is 4.45. The molecule has 0 aliphatic carbocycles. The summed E-state index contributed by atoms with van der Waals surface area (Å²) >= 11 is 0. The van der Waals surface area contributed by atoms with Gasteiger partial charge in [0.1, 0.15) is 0 Å². The van der Waals surface area contributed by atoms with Crippen LogP contribution in [0.2, 0.25) is 0 Å². The van der Waals surface area contributed by atoms with E-state index in [2.05, 4.69) is 9.71 Å². The molecule has 0 aliphatic rings. The van der Waals surface area contributed by atoms with Crippen molar-refractivity contribution in [3.05, 3.63) is 12.5 Å². The summed E-state index contributed by atoms with van der Waals surface area (Å²) in [5.41, 5.74) is 5.56. The number of nitrogens with zero attached hydrogens (tertiary/aromatic N) is 2. The standard InChI is InChI=1S/C11H22N4O2S.ClH/c1-4-11(12,5-2)8-14-18(16,17)10-7-15(6-3)9-13-10;/h7,9,14H,4-6,8,12H2,1-3H3;1H. The van der Waals surface area contributed by atoms with Crippen molar-refractivity contribution in [1.29, 1.82) is 0 Å². The SMILES string of the molecule is CCn1cnc(S(=O)(=O)NCC(N)(CC)CC)c1.Cl. The predicted molar refractivity (Wildman–Crippen MR) is 77.8 cm³/mol. The molecule has 0 saturated heterocycles. The van der Waals surface area contributed by atoms with E-state index in [9.17, 15) is 8.42 Å². The van der Waals surface area contributed by atoms with Crippen LogP contribution in [-0.4, -0.2) is 30.1 Å². The number of hydrogen-bond acceptors (Lipinski definition) is 4. The van der Waals surface area contributed by atoms with Crippen molar-refractivity contribution in [3.63, 3.8) is 0 Å². The Balaban J connectivity index is 0.00000324. The van der Waals surface area contributed by atoms with E-state index in [1.54, 1.807) is 4.57 Å². The van der Waals surface area contributed by atoms with Crippen LogP contribution < -0.4 is 10.5 Å². The van der Waals surface area contributed by atoms with Gasteiger partial charge in [0.25, 0.3) is 10.0 Å². The molecule has 6 nitrogen and oxygen atoms in total. The average Bonchev–Trinajstić information content (AvgIpc) is 2.85. The molecule has 112 valence electrons. The fourth-order valence-corrected chi connectivity index (χ4v) is 2.55. The summed E-state index contributed by atoms with van der Waals surface area (Å²) in [4.78, 5) is 3.88. The highest BCUT2D eigenvalue weighted by Crippen LogP contribution is 2.12. The van der Waals surface area contributed by atoms with Gasteiger partial charge in [-0.1, -0.05) is 13.8 Å². The van der Waals surface area contributed by atoms with E-state index < -0.39 is 15.6 Å². The molecule has 1 heterocycles. The molecule has 3 N–H and O–H groups in total. The lowest BCUT2D eigenvalue weighted by Gasteiger charge is -2.26. The van der Waals surface area contributed by atoms with Crippen LogP contribution in [0.25, 0.3) is 0 Å². The maximum absolute atomic E-state index is 12.0. The van der Waals surface area contributed by atoms with Crippen LogP contribution in [0.4, 0.5) is 0 Å². The lowest BCUT2D eigenvalue weighted by atomic mass is 9.95. The summed E-state index contributed by atoms with van der Waals surface area (Å²) in [7, 11) is -3.56. The number of hydrogen-bond donors (Lipinski definition) is 2. The van der Waals surface area contributed by atoms with Crippen molar-refractivity contribution >= 4 is 22.4 Å².